The van der Waals surface area contributed by atoms with Crippen LogP contribution in [0.4, 0.5) is 0 Å². The van der Waals surface area contributed by atoms with E-state index in [4.69, 9.17) is 4.74 Å². The summed E-state index contributed by atoms with van der Waals surface area (Å²) in [5.74, 6) is 0.714. The molecule has 3 heteroatoms. The standard InChI is InChI=1S/C14H29NO2/c1-13(2)6-10-17-11-9-15-12-14(16)7-4-3-5-8-14/h13,15-16H,3-12H2,1-2H3. The summed E-state index contributed by atoms with van der Waals surface area (Å²) < 4.78 is 5.52. The molecule has 3 nitrogen and oxygen atoms in total. The van der Waals surface area contributed by atoms with E-state index in [2.05, 4.69) is 19.2 Å². The van der Waals surface area contributed by atoms with Gasteiger partial charge in [-0.1, -0.05) is 33.1 Å². The van der Waals surface area contributed by atoms with Crippen molar-refractivity contribution in [3.05, 3.63) is 0 Å². The van der Waals surface area contributed by atoms with Crippen LogP contribution in [0.5, 0.6) is 0 Å². The van der Waals surface area contributed by atoms with Crippen molar-refractivity contribution in [2.75, 3.05) is 26.3 Å². The lowest BCUT2D eigenvalue weighted by atomic mass is 9.85. The van der Waals surface area contributed by atoms with Gasteiger partial charge in [0.05, 0.1) is 12.2 Å². The Labute approximate surface area is 106 Å². The summed E-state index contributed by atoms with van der Waals surface area (Å²) in [6.45, 7) is 7.59. The second-order valence-corrected chi connectivity index (χ2v) is 5.76. The summed E-state index contributed by atoms with van der Waals surface area (Å²) in [6.07, 6.45) is 6.65. The summed E-state index contributed by atoms with van der Waals surface area (Å²) in [5.41, 5.74) is -0.448. The minimum absolute atomic E-state index is 0.448. The van der Waals surface area contributed by atoms with Gasteiger partial charge in [0.2, 0.25) is 0 Å². The lowest BCUT2D eigenvalue weighted by Gasteiger charge is -2.32. The van der Waals surface area contributed by atoms with Gasteiger partial charge in [-0.2, -0.15) is 0 Å². The summed E-state index contributed by atoms with van der Waals surface area (Å²) in [6, 6.07) is 0. The lowest BCUT2D eigenvalue weighted by Crippen LogP contribution is -2.43. The second-order valence-electron chi connectivity index (χ2n) is 5.76. The third-order valence-electron chi connectivity index (χ3n) is 3.50. The van der Waals surface area contributed by atoms with Crippen LogP contribution in [0.2, 0.25) is 0 Å². The van der Waals surface area contributed by atoms with Gasteiger partial charge < -0.3 is 15.2 Å². The van der Waals surface area contributed by atoms with Gasteiger partial charge in [-0.15, -0.1) is 0 Å². The number of rotatable bonds is 8. The smallest absolute Gasteiger partial charge is 0.0771 e. The topological polar surface area (TPSA) is 41.5 Å². The number of hydrogen-bond donors (Lipinski definition) is 2. The first-order valence-corrected chi connectivity index (χ1v) is 7.13. The fourth-order valence-electron chi connectivity index (χ4n) is 2.27. The molecule has 0 unspecified atom stereocenters. The van der Waals surface area contributed by atoms with Crippen molar-refractivity contribution < 1.29 is 9.84 Å². The molecule has 17 heavy (non-hydrogen) atoms. The van der Waals surface area contributed by atoms with Crippen LogP contribution < -0.4 is 5.32 Å². The molecule has 1 rings (SSSR count). The Morgan fingerprint density at radius 1 is 1.18 bits per heavy atom. The van der Waals surface area contributed by atoms with Crippen LogP contribution >= 0.6 is 0 Å². The van der Waals surface area contributed by atoms with E-state index in [9.17, 15) is 5.11 Å². The molecule has 0 spiro atoms. The molecular formula is C14H29NO2. The highest BCUT2D eigenvalue weighted by Crippen LogP contribution is 2.27. The largest absolute Gasteiger partial charge is 0.389 e. The Morgan fingerprint density at radius 3 is 2.53 bits per heavy atom. The maximum Gasteiger partial charge on any atom is 0.0771 e. The van der Waals surface area contributed by atoms with Crippen molar-refractivity contribution in [3.63, 3.8) is 0 Å². The van der Waals surface area contributed by atoms with Crippen LogP contribution in [-0.2, 0) is 4.74 Å². The van der Waals surface area contributed by atoms with E-state index in [-0.39, 0.29) is 0 Å². The number of hydrogen-bond acceptors (Lipinski definition) is 3. The predicted octanol–water partition coefficient (Wildman–Crippen LogP) is 2.33. The van der Waals surface area contributed by atoms with Gasteiger partial charge in [0.15, 0.2) is 0 Å². The summed E-state index contributed by atoms with van der Waals surface area (Å²) in [5, 5.41) is 13.6. The quantitative estimate of drug-likeness (QED) is 0.643. The summed E-state index contributed by atoms with van der Waals surface area (Å²) in [4.78, 5) is 0. The van der Waals surface area contributed by atoms with Crippen LogP contribution in [0.3, 0.4) is 0 Å². The van der Waals surface area contributed by atoms with Crippen LogP contribution in [0.15, 0.2) is 0 Å². The van der Waals surface area contributed by atoms with Crippen molar-refractivity contribution in [2.45, 2.75) is 58.0 Å². The van der Waals surface area contributed by atoms with Gasteiger partial charge in [0.1, 0.15) is 0 Å². The first kappa shape index (κ1) is 14.9. The molecule has 0 aromatic heterocycles. The molecule has 0 saturated heterocycles. The van der Waals surface area contributed by atoms with Crippen LogP contribution in [-0.4, -0.2) is 37.0 Å². The predicted molar refractivity (Wildman–Crippen MR) is 71.2 cm³/mol. The van der Waals surface area contributed by atoms with Gasteiger partial charge >= 0.3 is 0 Å². The van der Waals surface area contributed by atoms with Crippen molar-refractivity contribution in [2.24, 2.45) is 5.92 Å². The molecule has 0 bridgehead atoms. The van der Waals surface area contributed by atoms with E-state index >= 15 is 0 Å². The highest BCUT2D eigenvalue weighted by atomic mass is 16.5. The lowest BCUT2D eigenvalue weighted by molar-refractivity contribution is 0.00333. The molecule has 2 N–H and O–H groups in total. The Balaban J connectivity index is 1.93. The SMILES string of the molecule is CC(C)CCOCCNCC1(O)CCCCC1. The minimum atomic E-state index is -0.448. The second kappa shape index (κ2) is 8.06. The molecule has 0 radical (unpaired) electrons. The van der Waals surface area contributed by atoms with E-state index in [1.807, 2.05) is 0 Å². The van der Waals surface area contributed by atoms with Gasteiger partial charge in [-0.05, 0) is 25.2 Å². The maximum atomic E-state index is 10.2. The number of ether oxygens (including phenoxy) is 1. The molecule has 1 aliphatic rings. The van der Waals surface area contributed by atoms with E-state index in [1.54, 1.807) is 0 Å². The zero-order chi connectivity index (χ0) is 12.6. The van der Waals surface area contributed by atoms with E-state index in [0.29, 0.717) is 5.92 Å². The summed E-state index contributed by atoms with van der Waals surface area (Å²) in [7, 11) is 0. The molecule has 0 heterocycles. The van der Waals surface area contributed by atoms with Gasteiger partial charge in [0.25, 0.3) is 0 Å². The number of nitrogens with one attached hydrogen (secondary N) is 1. The highest BCUT2D eigenvalue weighted by Gasteiger charge is 2.28. The number of aliphatic hydroxyl groups is 1. The zero-order valence-corrected chi connectivity index (χ0v) is 11.5. The van der Waals surface area contributed by atoms with E-state index in [0.717, 1.165) is 45.6 Å². The molecule has 0 atom stereocenters. The Hall–Kier alpha value is -0.120. The molecule has 1 saturated carbocycles. The van der Waals surface area contributed by atoms with E-state index in [1.165, 1.54) is 19.3 Å². The minimum Gasteiger partial charge on any atom is -0.389 e. The van der Waals surface area contributed by atoms with Gasteiger partial charge in [-0.3, -0.25) is 0 Å². The molecule has 0 aliphatic heterocycles. The fourth-order valence-corrected chi connectivity index (χ4v) is 2.27. The monoisotopic (exact) mass is 243 g/mol. The van der Waals surface area contributed by atoms with Crippen LogP contribution in [0, 0.1) is 5.92 Å². The third kappa shape index (κ3) is 7.02. The highest BCUT2D eigenvalue weighted by molar-refractivity contribution is 4.84. The summed E-state index contributed by atoms with van der Waals surface area (Å²) >= 11 is 0. The van der Waals surface area contributed by atoms with Crippen LogP contribution in [0.25, 0.3) is 0 Å². The average molecular weight is 243 g/mol. The molecule has 102 valence electrons. The molecular weight excluding hydrogens is 214 g/mol. The Bertz CT molecular complexity index is 189. The van der Waals surface area contributed by atoms with Crippen molar-refractivity contribution >= 4 is 0 Å². The molecule has 0 aromatic carbocycles. The Kier molecular flexibility index (Phi) is 7.09. The zero-order valence-electron chi connectivity index (χ0n) is 11.5. The van der Waals surface area contributed by atoms with Gasteiger partial charge in [-0.25, -0.2) is 0 Å². The van der Waals surface area contributed by atoms with Crippen molar-refractivity contribution in [1.29, 1.82) is 0 Å². The normalized spacial score (nSPS) is 19.8. The van der Waals surface area contributed by atoms with Gasteiger partial charge in [0, 0.05) is 19.7 Å². The van der Waals surface area contributed by atoms with Crippen LogP contribution in [0.1, 0.15) is 52.4 Å². The first-order valence-electron chi connectivity index (χ1n) is 7.13. The maximum absolute atomic E-state index is 10.2. The molecule has 1 fully saturated rings. The fraction of sp³-hybridized carbons (Fsp3) is 1.00. The molecule has 1 aliphatic carbocycles. The third-order valence-corrected chi connectivity index (χ3v) is 3.50. The average Bonchev–Trinajstić information content (AvgIpc) is 2.28. The Morgan fingerprint density at radius 2 is 1.88 bits per heavy atom. The molecule has 0 amide bonds. The first-order chi connectivity index (χ1) is 8.12. The van der Waals surface area contributed by atoms with Crippen molar-refractivity contribution in [3.8, 4) is 0 Å². The van der Waals surface area contributed by atoms with E-state index < -0.39 is 5.60 Å². The van der Waals surface area contributed by atoms with Crippen molar-refractivity contribution in [1.82, 2.24) is 5.32 Å². The molecule has 0 aromatic rings.